The molecule has 0 amide bonds. The van der Waals surface area contributed by atoms with Gasteiger partial charge < -0.3 is 19.8 Å². The molecule has 35 heavy (non-hydrogen) atoms. The van der Waals surface area contributed by atoms with Crippen LogP contribution in [0.2, 0.25) is 0 Å². The first kappa shape index (κ1) is 21.4. The van der Waals surface area contributed by atoms with Crippen LogP contribution < -0.4 is 14.8 Å². The van der Waals surface area contributed by atoms with Gasteiger partial charge in [-0.05, 0) is 61.3 Å². The lowest BCUT2D eigenvalue weighted by molar-refractivity contribution is 0.348. The number of aromatic amines is 2. The summed E-state index contributed by atoms with van der Waals surface area (Å²) in [5, 5.41) is 10.5. The van der Waals surface area contributed by atoms with E-state index in [2.05, 4.69) is 44.8 Å². The average Bonchev–Trinajstić information content (AvgIpc) is 3.60. The van der Waals surface area contributed by atoms with Gasteiger partial charge in [-0.25, -0.2) is 4.98 Å². The van der Waals surface area contributed by atoms with Gasteiger partial charge in [0.25, 0.3) is 0 Å². The van der Waals surface area contributed by atoms with Crippen LogP contribution in [-0.4, -0.2) is 40.4 Å². The molecule has 0 radical (unpaired) electrons. The summed E-state index contributed by atoms with van der Waals surface area (Å²) >= 11 is 0. The zero-order chi connectivity index (χ0) is 23.7. The van der Waals surface area contributed by atoms with Gasteiger partial charge in [0, 0.05) is 17.8 Å². The van der Waals surface area contributed by atoms with Gasteiger partial charge in [-0.3, -0.25) is 5.10 Å². The molecular formula is C28H27N5O2. The van der Waals surface area contributed by atoms with Crippen LogP contribution in [0.4, 0.5) is 0 Å². The van der Waals surface area contributed by atoms with Gasteiger partial charge in [0.05, 0.1) is 29.8 Å². The molecule has 5 aromatic rings. The number of fused-ring (bicyclic) bond motifs is 1. The monoisotopic (exact) mass is 465 g/mol. The third-order valence-corrected chi connectivity index (χ3v) is 6.93. The van der Waals surface area contributed by atoms with Crippen LogP contribution in [0.15, 0.2) is 79.1 Å². The number of nitrogens with one attached hydrogen (secondary N) is 3. The first-order valence-electron chi connectivity index (χ1n) is 11.9. The Morgan fingerprint density at radius 1 is 0.886 bits per heavy atom. The van der Waals surface area contributed by atoms with E-state index in [0.29, 0.717) is 11.5 Å². The summed E-state index contributed by atoms with van der Waals surface area (Å²) < 4.78 is 11.6. The first-order valence-corrected chi connectivity index (χ1v) is 11.9. The molecule has 0 unspecified atom stereocenters. The molecule has 176 valence electrons. The number of aromatic nitrogens is 4. The van der Waals surface area contributed by atoms with E-state index in [9.17, 15) is 0 Å². The van der Waals surface area contributed by atoms with E-state index in [4.69, 9.17) is 14.5 Å². The van der Waals surface area contributed by atoms with Gasteiger partial charge in [-0.15, -0.1) is 0 Å². The Hall–Kier alpha value is -4.10. The van der Waals surface area contributed by atoms with E-state index in [-0.39, 0.29) is 5.41 Å². The Labute approximate surface area is 203 Å². The number of hydrogen-bond donors (Lipinski definition) is 3. The molecule has 0 saturated carbocycles. The molecular weight excluding hydrogens is 438 g/mol. The van der Waals surface area contributed by atoms with Crippen LogP contribution in [0, 0.1) is 0 Å². The molecule has 0 atom stereocenters. The Kier molecular flexibility index (Phi) is 5.47. The number of H-pyrrole nitrogens is 2. The number of benzene rings is 3. The molecule has 6 rings (SSSR count). The van der Waals surface area contributed by atoms with Crippen molar-refractivity contribution in [3.05, 3.63) is 90.5 Å². The number of piperidine rings is 1. The number of para-hydroxylation sites is 2. The summed E-state index contributed by atoms with van der Waals surface area (Å²) in [4.78, 5) is 8.70. The molecule has 3 N–H and O–H groups in total. The lowest BCUT2D eigenvalue weighted by Crippen LogP contribution is -2.41. The Bertz CT molecular complexity index is 1430. The summed E-state index contributed by atoms with van der Waals surface area (Å²) in [5.74, 6) is 3.12. The number of imidazole rings is 1. The van der Waals surface area contributed by atoms with E-state index in [1.165, 1.54) is 5.56 Å². The molecule has 1 saturated heterocycles. The second-order valence-electron chi connectivity index (χ2n) is 8.91. The Morgan fingerprint density at radius 2 is 1.69 bits per heavy atom. The number of nitrogens with zero attached hydrogens (tertiary/aromatic N) is 2. The van der Waals surface area contributed by atoms with Gasteiger partial charge in [0.2, 0.25) is 0 Å². The zero-order valence-electron chi connectivity index (χ0n) is 19.5. The SMILES string of the molecule is COc1ccccc1Oc1ccc2nc(C3(c4ccc(-c5cn[nH]c5)cc4)CCNCC3)[nH]c2c1. The van der Waals surface area contributed by atoms with Gasteiger partial charge in [-0.2, -0.15) is 5.10 Å². The van der Waals surface area contributed by atoms with Crippen molar-refractivity contribution in [3.8, 4) is 28.4 Å². The topological polar surface area (TPSA) is 87.8 Å². The smallest absolute Gasteiger partial charge is 0.169 e. The van der Waals surface area contributed by atoms with Crippen molar-refractivity contribution in [2.75, 3.05) is 20.2 Å². The summed E-state index contributed by atoms with van der Waals surface area (Å²) in [5.41, 5.74) is 5.22. The van der Waals surface area contributed by atoms with Crippen LogP contribution in [0.3, 0.4) is 0 Å². The van der Waals surface area contributed by atoms with Gasteiger partial charge in [-0.1, -0.05) is 36.4 Å². The highest BCUT2D eigenvalue weighted by Gasteiger charge is 2.38. The zero-order valence-corrected chi connectivity index (χ0v) is 19.5. The highest BCUT2D eigenvalue weighted by atomic mass is 16.5. The summed E-state index contributed by atoms with van der Waals surface area (Å²) in [6.07, 6.45) is 5.71. The maximum absolute atomic E-state index is 6.13. The highest BCUT2D eigenvalue weighted by Crippen LogP contribution is 2.41. The van der Waals surface area contributed by atoms with Crippen molar-refractivity contribution >= 4 is 11.0 Å². The van der Waals surface area contributed by atoms with Gasteiger partial charge in [0.15, 0.2) is 11.5 Å². The van der Waals surface area contributed by atoms with E-state index in [0.717, 1.165) is 59.7 Å². The molecule has 3 aromatic carbocycles. The predicted octanol–water partition coefficient (Wildman–Crippen LogP) is 5.42. The second kappa shape index (κ2) is 8.92. The molecule has 2 aromatic heterocycles. The predicted molar refractivity (Wildman–Crippen MR) is 136 cm³/mol. The molecule has 0 bridgehead atoms. The fourth-order valence-electron chi connectivity index (χ4n) is 5.02. The molecule has 3 heterocycles. The van der Waals surface area contributed by atoms with E-state index in [1.54, 1.807) is 7.11 Å². The third-order valence-electron chi connectivity index (χ3n) is 6.93. The number of rotatable bonds is 6. The van der Waals surface area contributed by atoms with Crippen molar-refractivity contribution in [2.24, 2.45) is 0 Å². The van der Waals surface area contributed by atoms with Crippen molar-refractivity contribution in [2.45, 2.75) is 18.3 Å². The maximum atomic E-state index is 6.13. The first-order chi connectivity index (χ1) is 17.2. The van der Waals surface area contributed by atoms with Crippen molar-refractivity contribution in [1.29, 1.82) is 0 Å². The molecule has 7 heteroatoms. The Balaban J connectivity index is 1.36. The third kappa shape index (κ3) is 3.94. The minimum absolute atomic E-state index is 0.178. The maximum Gasteiger partial charge on any atom is 0.169 e. The molecule has 0 aliphatic carbocycles. The van der Waals surface area contributed by atoms with E-state index < -0.39 is 0 Å². The standard InChI is InChI=1S/C28H27N5O2/c1-34-25-4-2-3-5-26(25)35-22-10-11-23-24(16-22)33-27(32-23)28(12-14-29-15-13-28)21-8-6-19(7-9-21)20-17-30-31-18-20/h2-11,16-18,29H,12-15H2,1H3,(H,30,31)(H,32,33). The Morgan fingerprint density at radius 3 is 2.43 bits per heavy atom. The van der Waals surface area contributed by atoms with E-state index >= 15 is 0 Å². The van der Waals surface area contributed by atoms with Crippen LogP contribution >= 0.6 is 0 Å². The van der Waals surface area contributed by atoms with Crippen molar-refractivity contribution < 1.29 is 9.47 Å². The quantitative estimate of drug-likeness (QED) is 0.312. The van der Waals surface area contributed by atoms with E-state index in [1.807, 2.05) is 54.9 Å². The normalized spacial score (nSPS) is 15.2. The molecule has 1 fully saturated rings. The number of hydrogen-bond acceptors (Lipinski definition) is 5. The fraction of sp³-hybridized carbons (Fsp3) is 0.214. The minimum atomic E-state index is -0.178. The van der Waals surface area contributed by atoms with Gasteiger partial charge >= 0.3 is 0 Å². The minimum Gasteiger partial charge on any atom is -0.493 e. The van der Waals surface area contributed by atoms with Crippen LogP contribution in [-0.2, 0) is 5.41 Å². The van der Waals surface area contributed by atoms with Crippen molar-refractivity contribution in [1.82, 2.24) is 25.5 Å². The van der Waals surface area contributed by atoms with Crippen LogP contribution in [0.25, 0.3) is 22.2 Å². The summed E-state index contributed by atoms with van der Waals surface area (Å²) in [6.45, 7) is 1.89. The average molecular weight is 466 g/mol. The second-order valence-corrected chi connectivity index (χ2v) is 8.91. The molecule has 1 aliphatic rings. The molecule has 7 nitrogen and oxygen atoms in total. The number of methoxy groups -OCH3 is 1. The van der Waals surface area contributed by atoms with Crippen LogP contribution in [0.5, 0.6) is 17.2 Å². The van der Waals surface area contributed by atoms with Crippen LogP contribution in [0.1, 0.15) is 24.2 Å². The molecule has 0 spiro atoms. The van der Waals surface area contributed by atoms with Gasteiger partial charge in [0.1, 0.15) is 11.6 Å². The number of ether oxygens (including phenoxy) is 2. The fourth-order valence-corrected chi connectivity index (χ4v) is 5.02. The highest BCUT2D eigenvalue weighted by molar-refractivity contribution is 5.77. The largest absolute Gasteiger partial charge is 0.493 e. The molecule has 1 aliphatic heterocycles. The summed E-state index contributed by atoms with van der Waals surface area (Å²) in [7, 11) is 1.65. The summed E-state index contributed by atoms with van der Waals surface area (Å²) in [6, 6.07) is 22.4. The lowest BCUT2D eigenvalue weighted by Gasteiger charge is -2.36. The van der Waals surface area contributed by atoms with Crippen molar-refractivity contribution in [3.63, 3.8) is 0 Å². The lowest BCUT2D eigenvalue weighted by atomic mass is 9.72.